The summed E-state index contributed by atoms with van der Waals surface area (Å²) in [7, 11) is 0. The van der Waals surface area contributed by atoms with Gasteiger partial charge < -0.3 is 19.8 Å². The standard InChI is InChI=1S/C21H23N3O5S/c1-4-28-20(26)17-11(2)18(23-12(17)3)21(27)29-10-16(25)24-19-14(9-22)13-7-5-6-8-15(13)30-19/h23H,4-8,10H2,1-3H3,(H,24,25). The monoisotopic (exact) mass is 429 g/mol. The lowest BCUT2D eigenvalue weighted by Gasteiger charge is -2.09. The Kier molecular flexibility index (Phi) is 6.57. The third-order valence-electron chi connectivity index (χ3n) is 4.99. The van der Waals surface area contributed by atoms with Crippen molar-refractivity contribution in [3.8, 4) is 6.07 Å². The summed E-state index contributed by atoms with van der Waals surface area (Å²) in [4.78, 5) is 40.7. The number of H-pyrrole nitrogens is 1. The molecule has 0 radical (unpaired) electrons. The zero-order valence-electron chi connectivity index (χ0n) is 17.1. The Morgan fingerprint density at radius 2 is 1.90 bits per heavy atom. The Morgan fingerprint density at radius 1 is 1.17 bits per heavy atom. The van der Waals surface area contributed by atoms with Crippen LogP contribution < -0.4 is 5.32 Å². The highest BCUT2D eigenvalue weighted by Gasteiger charge is 2.25. The third-order valence-corrected chi connectivity index (χ3v) is 6.20. The molecule has 0 saturated heterocycles. The third kappa shape index (κ3) is 4.24. The van der Waals surface area contributed by atoms with Gasteiger partial charge in [-0.15, -0.1) is 11.3 Å². The van der Waals surface area contributed by atoms with Crippen LogP contribution in [0.5, 0.6) is 0 Å². The van der Waals surface area contributed by atoms with Gasteiger partial charge in [0.15, 0.2) is 6.61 Å². The highest BCUT2D eigenvalue weighted by Crippen LogP contribution is 2.37. The van der Waals surface area contributed by atoms with Crippen molar-refractivity contribution in [2.24, 2.45) is 0 Å². The Labute approximate surface area is 178 Å². The molecule has 0 fully saturated rings. The second-order valence-electron chi connectivity index (χ2n) is 7.00. The number of nitrogens with one attached hydrogen (secondary N) is 2. The Bertz CT molecular complexity index is 1040. The number of nitrogens with zero attached hydrogens (tertiary/aromatic N) is 1. The van der Waals surface area contributed by atoms with Crippen molar-refractivity contribution in [3.63, 3.8) is 0 Å². The van der Waals surface area contributed by atoms with Gasteiger partial charge in [0.25, 0.3) is 5.91 Å². The molecule has 158 valence electrons. The molecule has 0 bridgehead atoms. The van der Waals surface area contributed by atoms with Gasteiger partial charge in [0.2, 0.25) is 0 Å². The molecule has 0 atom stereocenters. The van der Waals surface area contributed by atoms with Crippen molar-refractivity contribution >= 4 is 34.2 Å². The molecule has 1 amide bonds. The van der Waals surface area contributed by atoms with Gasteiger partial charge in [-0.05, 0) is 57.6 Å². The molecule has 9 heteroatoms. The number of carbonyl (C=O) groups is 3. The zero-order valence-corrected chi connectivity index (χ0v) is 18.0. The molecule has 1 aliphatic rings. The Morgan fingerprint density at radius 3 is 2.60 bits per heavy atom. The molecule has 3 rings (SSSR count). The van der Waals surface area contributed by atoms with E-state index in [0.717, 1.165) is 36.1 Å². The minimum Gasteiger partial charge on any atom is -0.462 e. The molecule has 0 unspecified atom stereocenters. The summed E-state index contributed by atoms with van der Waals surface area (Å²) in [5, 5.41) is 12.7. The van der Waals surface area contributed by atoms with Gasteiger partial charge in [-0.3, -0.25) is 4.79 Å². The molecule has 0 aromatic carbocycles. The van der Waals surface area contributed by atoms with E-state index < -0.39 is 24.5 Å². The second kappa shape index (κ2) is 9.13. The summed E-state index contributed by atoms with van der Waals surface area (Å²) in [5.74, 6) is -1.79. The average Bonchev–Trinajstić information content (AvgIpc) is 3.22. The fourth-order valence-electron chi connectivity index (χ4n) is 3.60. The number of aromatic amines is 1. The number of hydrogen-bond donors (Lipinski definition) is 2. The molecule has 0 aliphatic heterocycles. The van der Waals surface area contributed by atoms with E-state index in [2.05, 4.69) is 16.4 Å². The predicted octanol–water partition coefficient (Wildman–Crippen LogP) is 3.42. The molecule has 8 nitrogen and oxygen atoms in total. The Hall–Kier alpha value is -3.12. The fraction of sp³-hybridized carbons (Fsp3) is 0.429. The quantitative estimate of drug-likeness (QED) is 0.679. The average molecular weight is 429 g/mol. The molecule has 2 N–H and O–H groups in total. The normalized spacial score (nSPS) is 12.6. The largest absolute Gasteiger partial charge is 0.462 e. The van der Waals surface area contributed by atoms with Crippen LogP contribution in [-0.4, -0.2) is 36.0 Å². The van der Waals surface area contributed by atoms with Crippen LogP contribution in [0, 0.1) is 25.2 Å². The Balaban J connectivity index is 1.65. The molecule has 1 aliphatic carbocycles. The van der Waals surface area contributed by atoms with Crippen LogP contribution in [-0.2, 0) is 27.1 Å². The van der Waals surface area contributed by atoms with Crippen LogP contribution in [0.1, 0.15) is 67.9 Å². The van der Waals surface area contributed by atoms with Crippen LogP contribution >= 0.6 is 11.3 Å². The van der Waals surface area contributed by atoms with E-state index in [0.29, 0.717) is 21.8 Å². The molecule has 2 aromatic heterocycles. The maximum Gasteiger partial charge on any atom is 0.355 e. The number of aromatic nitrogens is 1. The van der Waals surface area contributed by atoms with Crippen molar-refractivity contribution in [2.75, 3.05) is 18.5 Å². The van der Waals surface area contributed by atoms with Crippen LogP contribution in [0.3, 0.4) is 0 Å². The lowest BCUT2D eigenvalue weighted by Crippen LogP contribution is -2.21. The highest BCUT2D eigenvalue weighted by atomic mass is 32.1. The summed E-state index contributed by atoms with van der Waals surface area (Å²) < 4.78 is 10.1. The number of hydrogen-bond acceptors (Lipinski definition) is 7. The summed E-state index contributed by atoms with van der Waals surface area (Å²) in [6.07, 6.45) is 3.86. The van der Waals surface area contributed by atoms with E-state index in [1.54, 1.807) is 20.8 Å². The predicted molar refractivity (Wildman–Crippen MR) is 111 cm³/mol. The van der Waals surface area contributed by atoms with Crippen molar-refractivity contribution in [1.29, 1.82) is 5.26 Å². The van der Waals surface area contributed by atoms with Crippen molar-refractivity contribution in [2.45, 2.75) is 46.5 Å². The number of carbonyl (C=O) groups excluding carboxylic acids is 3. The van der Waals surface area contributed by atoms with Crippen molar-refractivity contribution in [1.82, 2.24) is 4.98 Å². The van der Waals surface area contributed by atoms with Gasteiger partial charge in [-0.2, -0.15) is 5.26 Å². The second-order valence-corrected chi connectivity index (χ2v) is 8.10. The zero-order chi connectivity index (χ0) is 21.8. The smallest absolute Gasteiger partial charge is 0.355 e. The fourth-order valence-corrected chi connectivity index (χ4v) is 4.86. The van der Waals surface area contributed by atoms with E-state index in [9.17, 15) is 19.6 Å². The van der Waals surface area contributed by atoms with Crippen LogP contribution in [0.2, 0.25) is 0 Å². The van der Waals surface area contributed by atoms with Crippen LogP contribution in [0.15, 0.2) is 0 Å². The number of fused-ring (bicyclic) bond motifs is 1. The number of esters is 2. The van der Waals surface area contributed by atoms with E-state index in [4.69, 9.17) is 9.47 Å². The van der Waals surface area contributed by atoms with Crippen molar-refractivity contribution in [3.05, 3.63) is 38.5 Å². The topological polar surface area (TPSA) is 121 Å². The van der Waals surface area contributed by atoms with E-state index in [-0.39, 0.29) is 17.9 Å². The summed E-state index contributed by atoms with van der Waals surface area (Å²) in [6, 6.07) is 2.18. The first kappa shape index (κ1) is 21.6. The molecule has 0 spiro atoms. The number of anilines is 1. The summed E-state index contributed by atoms with van der Waals surface area (Å²) in [5.41, 5.74) is 2.82. The molecule has 2 heterocycles. The van der Waals surface area contributed by atoms with Gasteiger partial charge in [-0.25, -0.2) is 9.59 Å². The molecule has 2 aromatic rings. The number of ether oxygens (including phenoxy) is 2. The summed E-state index contributed by atoms with van der Waals surface area (Å²) in [6.45, 7) is 4.69. The number of amides is 1. The maximum absolute atomic E-state index is 12.4. The van der Waals surface area contributed by atoms with Crippen LogP contribution in [0.4, 0.5) is 5.00 Å². The molecular formula is C21H23N3O5S. The number of aryl methyl sites for hydroxylation is 2. The van der Waals surface area contributed by atoms with Gasteiger partial charge in [0, 0.05) is 10.6 Å². The first-order valence-electron chi connectivity index (χ1n) is 9.75. The minimum atomic E-state index is -0.743. The van der Waals surface area contributed by atoms with Crippen LogP contribution in [0.25, 0.3) is 0 Å². The van der Waals surface area contributed by atoms with E-state index in [1.165, 1.54) is 11.3 Å². The lowest BCUT2D eigenvalue weighted by molar-refractivity contribution is -0.119. The van der Waals surface area contributed by atoms with Gasteiger partial charge in [0.1, 0.15) is 16.8 Å². The molecule has 0 saturated carbocycles. The highest BCUT2D eigenvalue weighted by molar-refractivity contribution is 7.16. The van der Waals surface area contributed by atoms with E-state index in [1.807, 2.05) is 0 Å². The lowest BCUT2D eigenvalue weighted by atomic mass is 9.96. The molecule has 30 heavy (non-hydrogen) atoms. The van der Waals surface area contributed by atoms with Gasteiger partial charge >= 0.3 is 11.9 Å². The van der Waals surface area contributed by atoms with Crippen molar-refractivity contribution < 1.29 is 23.9 Å². The van der Waals surface area contributed by atoms with Gasteiger partial charge in [0.05, 0.1) is 17.7 Å². The number of nitriles is 1. The molecular weight excluding hydrogens is 406 g/mol. The summed E-state index contributed by atoms with van der Waals surface area (Å²) >= 11 is 1.41. The first-order valence-corrected chi connectivity index (χ1v) is 10.6. The van der Waals surface area contributed by atoms with E-state index >= 15 is 0 Å². The number of rotatable bonds is 6. The maximum atomic E-state index is 12.4. The first-order chi connectivity index (χ1) is 14.4. The van der Waals surface area contributed by atoms with Gasteiger partial charge in [-0.1, -0.05) is 0 Å². The minimum absolute atomic E-state index is 0.104. The number of thiophene rings is 1. The SMILES string of the molecule is CCOC(=O)c1c(C)[nH]c(C(=O)OCC(=O)Nc2sc3c(c2C#N)CCCC3)c1C.